The summed E-state index contributed by atoms with van der Waals surface area (Å²) >= 11 is 0. The smallest absolute Gasteiger partial charge is 0.219 e. The Morgan fingerprint density at radius 3 is 2.37 bits per heavy atom. The molecule has 5 nitrogen and oxygen atoms in total. The molecule has 4 rings (SSSR count). The predicted octanol–water partition coefficient (Wildman–Crippen LogP) is 2.73. The standard InChI is InChI=1S/C22H31N3O2/c1-16(26)23-22-14-24(17(2)27)13-12-20(22)21(18-8-4-3-5-9-18)25(15-22)19-10-6-7-11-19/h3-5,8-9,19-21H,6-7,10-15H2,1-2H3,(H,23,26)/t20-,21-,22-/m1/s1. The van der Waals surface area contributed by atoms with Gasteiger partial charge >= 0.3 is 0 Å². The van der Waals surface area contributed by atoms with Crippen LogP contribution in [-0.4, -0.2) is 52.8 Å². The van der Waals surface area contributed by atoms with Crippen molar-refractivity contribution in [3.8, 4) is 0 Å². The molecule has 2 aliphatic heterocycles. The van der Waals surface area contributed by atoms with Crippen molar-refractivity contribution >= 4 is 11.8 Å². The van der Waals surface area contributed by atoms with Gasteiger partial charge in [0.25, 0.3) is 0 Å². The number of hydrogen-bond donors (Lipinski definition) is 1. The molecule has 1 saturated carbocycles. The van der Waals surface area contributed by atoms with Gasteiger partial charge in [-0.3, -0.25) is 14.5 Å². The van der Waals surface area contributed by atoms with Crippen molar-refractivity contribution in [3.63, 3.8) is 0 Å². The third-order valence-electron chi connectivity index (χ3n) is 6.90. The van der Waals surface area contributed by atoms with Gasteiger partial charge in [0.05, 0.1) is 5.54 Å². The Labute approximate surface area is 162 Å². The summed E-state index contributed by atoms with van der Waals surface area (Å²) in [4.78, 5) is 28.9. The van der Waals surface area contributed by atoms with Crippen molar-refractivity contribution in [2.24, 2.45) is 5.92 Å². The molecule has 1 N–H and O–H groups in total. The number of likely N-dealkylation sites (tertiary alicyclic amines) is 2. The predicted molar refractivity (Wildman–Crippen MR) is 105 cm³/mol. The van der Waals surface area contributed by atoms with Gasteiger partial charge < -0.3 is 10.2 Å². The second-order valence-corrected chi connectivity index (χ2v) is 8.64. The van der Waals surface area contributed by atoms with Gasteiger partial charge in [0.2, 0.25) is 11.8 Å². The summed E-state index contributed by atoms with van der Waals surface area (Å²) in [5, 5.41) is 3.32. The zero-order valence-corrected chi connectivity index (χ0v) is 16.5. The van der Waals surface area contributed by atoms with Crippen LogP contribution in [0.1, 0.15) is 57.6 Å². The van der Waals surface area contributed by atoms with Crippen LogP contribution in [-0.2, 0) is 9.59 Å². The number of nitrogens with zero attached hydrogens (tertiary/aromatic N) is 2. The Morgan fingerprint density at radius 1 is 1.04 bits per heavy atom. The molecular weight excluding hydrogens is 338 g/mol. The maximum absolute atomic E-state index is 12.2. The number of carbonyl (C=O) groups is 2. The lowest BCUT2D eigenvalue weighted by Gasteiger charge is -2.45. The molecule has 3 aliphatic rings. The maximum atomic E-state index is 12.2. The summed E-state index contributed by atoms with van der Waals surface area (Å²) in [6.07, 6.45) is 5.99. The van der Waals surface area contributed by atoms with Crippen LogP contribution >= 0.6 is 0 Å². The average Bonchev–Trinajstić information content (AvgIpc) is 3.27. The molecule has 27 heavy (non-hydrogen) atoms. The van der Waals surface area contributed by atoms with Gasteiger partial charge in [-0.05, 0) is 24.8 Å². The number of fused-ring (bicyclic) bond motifs is 1. The second kappa shape index (κ2) is 7.27. The summed E-state index contributed by atoms with van der Waals surface area (Å²) < 4.78 is 0. The number of benzene rings is 1. The van der Waals surface area contributed by atoms with E-state index in [1.807, 2.05) is 4.90 Å². The molecule has 3 atom stereocenters. The van der Waals surface area contributed by atoms with Crippen LogP contribution in [0.4, 0.5) is 0 Å². The summed E-state index contributed by atoms with van der Waals surface area (Å²) in [5.74, 6) is 0.444. The highest BCUT2D eigenvalue weighted by Crippen LogP contribution is 2.50. The molecule has 2 amide bonds. The molecule has 146 valence electrons. The zero-order valence-electron chi connectivity index (χ0n) is 16.5. The quantitative estimate of drug-likeness (QED) is 0.891. The monoisotopic (exact) mass is 369 g/mol. The van der Waals surface area contributed by atoms with Crippen LogP contribution in [0, 0.1) is 5.92 Å². The highest BCUT2D eigenvalue weighted by Gasteiger charge is 2.57. The lowest BCUT2D eigenvalue weighted by Crippen LogP contribution is -2.64. The van der Waals surface area contributed by atoms with E-state index in [4.69, 9.17) is 0 Å². The van der Waals surface area contributed by atoms with E-state index >= 15 is 0 Å². The van der Waals surface area contributed by atoms with E-state index in [1.165, 1.54) is 31.2 Å². The summed E-state index contributed by atoms with van der Waals surface area (Å²) in [5.41, 5.74) is 0.997. The molecule has 0 aromatic heterocycles. The first kappa shape index (κ1) is 18.5. The molecule has 3 fully saturated rings. The minimum Gasteiger partial charge on any atom is -0.347 e. The lowest BCUT2D eigenvalue weighted by atomic mass is 9.75. The Bertz CT molecular complexity index is 701. The largest absolute Gasteiger partial charge is 0.347 e. The minimum absolute atomic E-state index is 0.00508. The van der Waals surface area contributed by atoms with Gasteiger partial charge in [0.15, 0.2) is 0 Å². The van der Waals surface area contributed by atoms with E-state index in [-0.39, 0.29) is 17.4 Å². The Morgan fingerprint density at radius 2 is 1.74 bits per heavy atom. The fourth-order valence-corrected chi connectivity index (χ4v) is 5.85. The van der Waals surface area contributed by atoms with Crippen LogP contribution in [0.25, 0.3) is 0 Å². The molecule has 1 aromatic carbocycles. The van der Waals surface area contributed by atoms with E-state index in [0.29, 0.717) is 24.5 Å². The van der Waals surface area contributed by atoms with Crippen LogP contribution < -0.4 is 5.32 Å². The van der Waals surface area contributed by atoms with Crippen molar-refractivity contribution in [1.29, 1.82) is 0 Å². The molecule has 0 radical (unpaired) electrons. The molecule has 0 unspecified atom stereocenters. The van der Waals surface area contributed by atoms with Crippen molar-refractivity contribution < 1.29 is 9.59 Å². The maximum Gasteiger partial charge on any atom is 0.219 e. The SMILES string of the molecule is CC(=O)N[C@@]12CN(C(C)=O)CC[C@@H]1[C@@H](c1ccccc1)N(C1CCCC1)C2. The minimum atomic E-state index is -0.348. The van der Waals surface area contributed by atoms with Gasteiger partial charge in [-0.2, -0.15) is 0 Å². The van der Waals surface area contributed by atoms with E-state index in [9.17, 15) is 9.59 Å². The Hall–Kier alpha value is -1.88. The normalized spacial score (nSPS) is 31.7. The zero-order chi connectivity index (χ0) is 19.0. The number of carbonyl (C=O) groups excluding carboxylic acids is 2. The molecule has 0 bridgehead atoms. The van der Waals surface area contributed by atoms with Crippen molar-refractivity contribution in [1.82, 2.24) is 15.1 Å². The van der Waals surface area contributed by atoms with Crippen molar-refractivity contribution in [3.05, 3.63) is 35.9 Å². The number of hydrogen-bond acceptors (Lipinski definition) is 3. The Balaban J connectivity index is 1.74. The number of rotatable bonds is 3. The van der Waals surface area contributed by atoms with Crippen molar-refractivity contribution in [2.45, 2.75) is 63.6 Å². The highest BCUT2D eigenvalue weighted by atomic mass is 16.2. The molecule has 2 heterocycles. The number of piperidine rings is 1. The third-order valence-corrected chi connectivity index (χ3v) is 6.90. The van der Waals surface area contributed by atoms with E-state index in [1.54, 1.807) is 13.8 Å². The first-order valence-corrected chi connectivity index (χ1v) is 10.4. The van der Waals surface area contributed by atoms with Gasteiger partial charge in [-0.25, -0.2) is 0 Å². The molecule has 0 spiro atoms. The summed E-state index contributed by atoms with van der Waals surface area (Å²) in [6, 6.07) is 11.7. The van der Waals surface area contributed by atoms with Crippen LogP contribution in [0.5, 0.6) is 0 Å². The van der Waals surface area contributed by atoms with E-state index < -0.39 is 0 Å². The Kier molecular flexibility index (Phi) is 4.97. The first-order chi connectivity index (χ1) is 13.0. The van der Waals surface area contributed by atoms with Gasteiger partial charge in [0, 0.05) is 51.5 Å². The summed E-state index contributed by atoms with van der Waals surface area (Å²) in [6.45, 7) is 5.49. The highest BCUT2D eigenvalue weighted by molar-refractivity contribution is 5.76. The van der Waals surface area contributed by atoms with Crippen molar-refractivity contribution in [2.75, 3.05) is 19.6 Å². The molecule has 1 aliphatic carbocycles. The average molecular weight is 370 g/mol. The van der Waals surface area contributed by atoms with Gasteiger partial charge in [-0.1, -0.05) is 43.2 Å². The van der Waals surface area contributed by atoms with E-state index in [0.717, 1.165) is 19.5 Å². The number of nitrogens with one attached hydrogen (secondary N) is 1. The van der Waals surface area contributed by atoms with Gasteiger partial charge in [0.1, 0.15) is 0 Å². The van der Waals surface area contributed by atoms with Gasteiger partial charge in [-0.15, -0.1) is 0 Å². The van der Waals surface area contributed by atoms with E-state index in [2.05, 4.69) is 40.5 Å². The molecule has 1 aromatic rings. The third kappa shape index (κ3) is 3.38. The molecule has 2 saturated heterocycles. The lowest BCUT2D eigenvalue weighted by molar-refractivity contribution is -0.134. The van der Waals surface area contributed by atoms with Crippen LogP contribution in [0.3, 0.4) is 0 Å². The summed E-state index contributed by atoms with van der Waals surface area (Å²) in [7, 11) is 0. The first-order valence-electron chi connectivity index (χ1n) is 10.4. The molecule has 5 heteroatoms. The fraction of sp³-hybridized carbons (Fsp3) is 0.636. The fourth-order valence-electron chi connectivity index (χ4n) is 5.85. The number of amides is 2. The molecular formula is C22H31N3O2. The van der Waals surface area contributed by atoms with Crippen LogP contribution in [0.15, 0.2) is 30.3 Å². The van der Waals surface area contributed by atoms with Crippen LogP contribution in [0.2, 0.25) is 0 Å². The topological polar surface area (TPSA) is 52.7 Å². The second-order valence-electron chi connectivity index (χ2n) is 8.64.